The third kappa shape index (κ3) is 1.50. The molecule has 0 radical (unpaired) electrons. The van der Waals surface area contributed by atoms with Crippen LogP contribution in [-0.4, -0.2) is 0 Å². The molecule has 0 aromatic heterocycles. The van der Waals surface area contributed by atoms with Gasteiger partial charge >= 0.3 is 0 Å². The van der Waals surface area contributed by atoms with E-state index in [2.05, 4.69) is 15.9 Å². The van der Waals surface area contributed by atoms with Gasteiger partial charge in [-0.2, -0.15) is 0 Å². The highest BCUT2D eigenvalue weighted by atomic mass is 79.9. The number of aryl methyl sites for hydroxylation is 1. The van der Waals surface area contributed by atoms with Crippen LogP contribution in [0.3, 0.4) is 0 Å². The van der Waals surface area contributed by atoms with E-state index >= 15 is 0 Å². The maximum absolute atomic E-state index is 12.8. The van der Waals surface area contributed by atoms with Crippen LogP contribution in [0.25, 0.3) is 0 Å². The van der Waals surface area contributed by atoms with Crippen LogP contribution >= 0.6 is 27.5 Å². The van der Waals surface area contributed by atoms with E-state index in [9.17, 15) is 4.39 Å². The average molecular weight is 223 g/mol. The Labute approximate surface area is 72.1 Å². The summed E-state index contributed by atoms with van der Waals surface area (Å²) in [6, 6.07) is 3.12. The summed E-state index contributed by atoms with van der Waals surface area (Å²) in [4.78, 5) is 0. The van der Waals surface area contributed by atoms with Gasteiger partial charge in [0.2, 0.25) is 0 Å². The monoisotopic (exact) mass is 222 g/mol. The zero-order chi connectivity index (χ0) is 7.72. The quantitative estimate of drug-likeness (QED) is 0.590. The van der Waals surface area contributed by atoms with Gasteiger partial charge in [-0.05, 0) is 40.5 Å². The topological polar surface area (TPSA) is 0 Å². The Morgan fingerprint density at radius 2 is 2.10 bits per heavy atom. The van der Waals surface area contributed by atoms with E-state index in [4.69, 9.17) is 11.6 Å². The summed E-state index contributed by atoms with van der Waals surface area (Å²) >= 11 is 8.66. The minimum Gasteiger partial charge on any atom is -0.205 e. The Kier molecular flexibility index (Phi) is 2.32. The molecule has 54 valence electrons. The fourth-order valence-corrected chi connectivity index (χ4v) is 1.65. The Bertz CT molecular complexity index is 237. The summed E-state index contributed by atoms with van der Waals surface area (Å²) in [6.45, 7) is 1.67. The van der Waals surface area contributed by atoms with E-state index in [-0.39, 0.29) is 5.82 Å². The van der Waals surface area contributed by atoms with Crippen molar-refractivity contribution in [3.63, 3.8) is 0 Å². The summed E-state index contributed by atoms with van der Waals surface area (Å²) in [5.41, 5.74) is 0.555. The molecular formula is C7H5BrClF. The number of hydrogen-bond donors (Lipinski definition) is 0. The van der Waals surface area contributed by atoms with Crippen LogP contribution in [-0.2, 0) is 0 Å². The van der Waals surface area contributed by atoms with Crippen molar-refractivity contribution in [2.75, 3.05) is 0 Å². The van der Waals surface area contributed by atoms with Crippen molar-refractivity contribution in [3.8, 4) is 0 Å². The Morgan fingerprint density at radius 1 is 1.50 bits per heavy atom. The van der Waals surface area contributed by atoms with Crippen LogP contribution in [0.4, 0.5) is 4.39 Å². The van der Waals surface area contributed by atoms with Crippen LogP contribution in [0, 0.1) is 12.7 Å². The molecule has 0 saturated heterocycles. The molecule has 0 saturated carbocycles. The van der Waals surface area contributed by atoms with E-state index in [1.807, 2.05) is 0 Å². The lowest BCUT2D eigenvalue weighted by atomic mass is 10.2. The first-order chi connectivity index (χ1) is 4.61. The molecule has 0 nitrogen and oxygen atoms in total. The molecule has 1 rings (SSSR count). The molecule has 0 amide bonds. The van der Waals surface area contributed by atoms with Crippen molar-refractivity contribution in [2.24, 2.45) is 0 Å². The number of benzene rings is 1. The van der Waals surface area contributed by atoms with E-state index in [1.165, 1.54) is 6.07 Å². The molecule has 0 aliphatic carbocycles. The zero-order valence-electron chi connectivity index (χ0n) is 5.29. The molecule has 3 heteroatoms. The predicted octanol–water partition coefficient (Wildman–Crippen LogP) is 3.55. The summed E-state index contributed by atoms with van der Waals surface area (Å²) in [5.74, 6) is -0.246. The first kappa shape index (κ1) is 8.02. The zero-order valence-corrected chi connectivity index (χ0v) is 7.63. The van der Waals surface area contributed by atoms with Crippen LogP contribution in [0.15, 0.2) is 16.6 Å². The summed E-state index contributed by atoms with van der Waals surface area (Å²) in [5, 5.41) is 0.547. The molecule has 0 heterocycles. The molecule has 0 aliphatic heterocycles. The summed E-state index contributed by atoms with van der Waals surface area (Å²) in [6.07, 6.45) is 0. The molecular weight excluding hydrogens is 218 g/mol. The summed E-state index contributed by atoms with van der Waals surface area (Å²) < 4.78 is 13.2. The maximum atomic E-state index is 12.8. The van der Waals surface area contributed by atoms with Gasteiger partial charge in [-0.1, -0.05) is 11.6 Å². The maximum Gasteiger partial charge on any atom is 0.140 e. The Hall–Kier alpha value is -0.0800. The predicted molar refractivity (Wildman–Crippen MR) is 43.8 cm³/mol. The van der Waals surface area contributed by atoms with Crippen LogP contribution in [0.2, 0.25) is 5.02 Å². The average Bonchev–Trinajstić information content (AvgIpc) is 1.82. The van der Waals surface area contributed by atoms with Gasteiger partial charge < -0.3 is 0 Å². The van der Waals surface area contributed by atoms with Crippen molar-refractivity contribution < 1.29 is 4.39 Å². The fourth-order valence-electron chi connectivity index (χ4n) is 0.685. The van der Waals surface area contributed by atoms with Gasteiger partial charge in [0.15, 0.2) is 0 Å². The van der Waals surface area contributed by atoms with Crippen molar-refractivity contribution in [3.05, 3.63) is 33.0 Å². The second-order valence-corrected chi connectivity index (χ2v) is 3.31. The number of rotatable bonds is 0. The van der Waals surface area contributed by atoms with E-state index in [0.29, 0.717) is 15.1 Å². The van der Waals surface area contributed by atoms with Crippen molar-refractivity contribution >= 4 is 27.5 Å². The smallest absolute Gasteiger partial charge is 0.140 e. The standard InChI is InChI=1S/C7H5BrClF/c1-4-2-5(9)3-6(8)7(4)10/h2-3H,1H3. The molecule has 0 fully saturated rings. The van der Waals surface area contributed by atoms with Crippen LogP contribution in [0.1, 0.15) is 5.56 Å². The minimum atomic E-state index is -0.246. The molecule has 1 aromatic carbocycles. The van der Waals surface area contributed by atoms with E-state index < -0.39 is 0 Å². The highest BCUT2D eigenvalue weighted by Crippen LogP contribution is 2.23. The molecule has 1 aromatic rings. The third-order valence-corrected chi connectivity index (χ3v) is 1.97. The van der Waals surface area contributed by atoms with Crippen molar-refractivity contribution in [2.45, 2.75) is 6.92 Å². The molecule has 0 aliphatic rings. The molecule has 0 N–H and O–H groups in total. The molecule has 10 heavy (non-hydrogen) atoms. The lowest BCUT2D eigenvalue weighted by Gasteiger charge is -1.98. The number of hydrogen-bond acceptors (Lipinski definition) is 0. The van der Waals surface area contributed by atoms with Crippen molar-refractivity contribution in [1.82, 2.24) is 0 Å². The minimum absolute atomic E-state index is 0.246. The van der Waals surface area contributed by atoms with Crippen LogP contribution in [0.5, 0.6) is 0 Å². The highest BCUT2D eigenvalue weighted by Gasteiger charge is 2.02. The normalized spacial score (nSPS) is 10.0. The molecule has 0 spiro atoms. The molecule has 0 atom stereocenters. The number of halogens is 3. The van der Waals surface area contributed by atoms with Gasteiger partial charge in [0.1, 0.15) is 5.82 Å². The second kappa shape index (κ2) is 2.89. The second-order valence-electron chi connectivity index (χ2n) is 2.02. The van der Waals surface area contributed by atoms with E-state index in [0.717, 1.165) is 0 Å². The van der Waals surface area contributed by atoms with Gasteiger partial charge in [-0.25, -0.2) is 4.39 Å². The lowest BCUT2D eigenvalue weighted by Crippen LogP contribution is -1.82. The van der Waals surface area contributed by atoms with Crippen LogP contribution < -0.4 is 0 Å². The van der Waals surface area contributed by atoms with Gasteiger partial charge in [-0.15, -0.1) is 0 Å². The van der Waals surface area contributed by atoms with Gasteiger partial charge in [0.25, 0.3) is 0 Å². The highest BCUT2D eigenvalue weighted by molar-refractivity contribution is 9.10. The first-order valence-electron chi connectivity index (χ1n) is 2.72. The first-order valence-corrected chi connectivity index (χ1v) is 3.89. The Balaban J connectivity index is 3.31. The van der Waals surface area contributed by atoms with Gasteiger partial charge in [0, 0.05) is 5.02 Å². The SMILES string of the molecule is Cc1cc(Cl)cc(Br)c1F. The van der Waals surface area contributed by atoms with Gasteiger partial charge in [-0.3, -0.25) is 0 Å². The third-order valence-electron chi connectivity index (χ3n) is 1.17. The summed E-state index contributed by atoms with van der Waals surface area (Å²) in [7, 11) is 0. The molecule has 0 bridgehead atoms. The fraction of sp³-hybridized carbons (Fsp3) is 0.143. The lowest BCUT2D eigenvalue weighted by molar-refractivity contribution is 0.612. The molecule has 0 unspecified atom stereocenters. The Morgan fingerprint density at radius 3 is 2.60 bits per heavy atom. The van der Waals surface area contributed by atoms with E-state index in [1.54, 1.807) is 13.0 Å². The largest absolute Gasteiger partial charge is 0.205 e. The van der Waals surface area contributed by atoms with Gasteiger partial charge in [0.05, 0.1) is 4.47 Å². The van der Waals surface area contributed by atoms with Crippen molar-refractivity contribution in [1.29, 1.82) is 0 Å².